The largest absolute Gasteiger partial charge is 0.508 e. The van der Waals surface area contributed by atoms with Crippen molar-refractivity contribution >= 4 is 41.2 Å². The van der Waals surface area contributed by atoms with Crippen LogP contribution in [0.1, 0.15) is 25.0 Å². The van der Waals surface area contributed by atoms with Gasteiger partial charge in [0.2, 0.25) is 5.78 Å². The molecule has 3 aromatic carbocycles. The fourth-order valence-electron chi connectivity index (χ4n) is 5.42. The van der Waals surface area contributed by atoms with Gasteiger partial charge >= 0.3 is 0 Å². The normalized spacial score (nSPS) is 14.2. The summed E-state index contributed by atoms with van der Waals surface area (Å²) in [5.41, 5.74) is 8.86. The molecule has 1 aliphatic carbocycles. The first kappa shape index (κ1) is 18.5. The quantitative estimate of drug-likeness (QED) is 0.390. The van der Waals surface area contributed by atoms with Crippen LogP contribution in [0.15, 0.2) is 72.9 Å². The summed E-state index contributed by atoms with van der Waals surface area (Å²) in [5.74, 6) is 1.67. The topological polar surface area (TPSA) is 55.3 Å². The standard InChI is InChI=1S/C27H19BN4O/c1-27(2)18-7-4-3-6-16(18)17-14-29-24(13-19(17)27)32-23-12-15(33)10-11-21(23)31-22-9-5-8-20(28)25(22)30-26(31)32/h3-14,33H,1-2H3. The zero-order chi connectivity index (χ0) is 22.5. The van der Waals surface area contributed by atoms with Crippen LogP contribution in [0.4, 0.5) is 0 Å². The molecule has 156 valence electrons. The Balaban J connectivity index is 1.59. The minimum atomic E-state index is -0.143. The molecule has 0 atom stereocenters. The van der Waals surface area contributed by atoms with Gasteiger partial charge in [-0.3, -0.25) is 8.97 Å². The summed E-state index contributed by atoms with van der Waals surface area (Å²) in [5, 5.41) is 10.3. The van der Waals surface area contributed by atoms with E-state index >= 15 is 0 Å². The Hall–Kier alpha value is -4.06. The predicted molar refractivity (Wildman–Crippen MR) is 132 cm³/mol. The number of aromatic nitrogens is 4. The molecule has 0 unspecified atom stereocenters. The lowest BCUT2D eigenvalue weighted by Gasteiger charge is -2.21. The molecule has 0 fully saturated rings. The van der Waals surface area contributed by atoms with Gasteiger partial charge in [0.15, 0.2) is 0 Å². The van der Waals surface area contributed by atoms with Gasteiger partial charge in [0.25, 0.3) is 0 Å². The van der Waals surface area contributed by atoms with Crippen molar-refractivity contribution in [3.8, 4) is 22.7 Å². The van der Waals surface area contributed by atoms with Crippen LogP contribution in [0.5, 0.6) is 5.75 Å². The van der Waals surface area contributed by atoms with Gasteiger partial charge < -0.3 is 5.11 Å². The van der Waals surface area contributed by atoms with Crippen molar-refractivity contribution in [2.45, 2.75) is 19.3 Å². The smallest absolute Gasteiger partial charge is 0.221 e. The summed E-state index contributed by atoms with van der Waals surface area (Å²) in [6.45, 7) is 4.50. The monoisotopic (exact) mass is 426 g/mol. The van der Waals surface area contributed by atoms with Gasteiger partial charge in [-0.1, -0.05) is 55.7 Å². The van der Waals surface area contributed by atoms with E-state index in [1.807, 2.05) is 35.0 Å². The zero-order valence-corrected chi connectivity index (χ0v) is 18.2. The van der Waals surface area contributed by atoms with Crippen LogP contribution in [-0.2, 0) is 5.41 Å². The summed E-state index contributed by atoms with van der Waals surface area (Å²) in [6, 6.07) is 21.8. The van der Waals surface area contributed by atoms with Crippen LogP contribution in [0.2, 0.25) is 0 Å². The van der Waals surface area contributed by atoms with E-state index in [4.69, 9.17) is 17.8 Å². The number of nitrogens with zero attached hydrogens (tertiary/aromatic N) is 4. The number of pyridine rings is 1. The van der Waals surface area contributed by atoms with E-state index in [0.29, 0.717) is 11.2 Å². The summed E-state index contributed by atoms with van der Waals surface area (Å²) >= 11 is 0. The van der Waals surface area contributed by atoms with E-state index in [-0.39, 0.29) is 11.2 Å². The summed E-state index contributed by atoms with van der Waals surface area (Å²) < 4.78 is 4.09. The average molecular weight is 426 g/mol. The highest BCUT2D eigenvalue weighted by atomic mass is 16.3. The molecule has 0 spiro atoms. The fourth-order valence-corrected chi connectivity index (χ4v) is 5.42. The number of phenolic OH excluding ortho intramolecular Hbond substituents is 1. The summed E-state index contributed by atoms with van der Waals surface area (Å²) in [6.07, 6.45) is 1.96. The van der Waals surface area contributed by atoms with Crippen LogP contribution in [0, 0.1) is 0 Å². The lowest BCUT2D eigenvalue weighted by atomic mass is 9.83. The van der Waals surface area contributed by atoms with Gasteiger partial charge in [-0.25, -0.2) is 9.97 Å². The first-order valence-corrected chi connectivity index (χ1v) is 11.0. The fraction of sp³-hybridized carbons (Fsp3) is 0.111. The number of aromatic hydroxyl groups is 1. The molecule has 3 heterocycles. The van der Waals surface area contributed by atoms with E-state index in [2.05, 4.69) is 48.6 Å². The number of hydrogen-bond donors (Lipinski definition) is 1. The molecule has 0 amide bonds. The Morgan fingerprint density at radius 2 is 1.70 bits per heavy atom. The molecule has 1 aliphatic rings. The second kappa shape index (κ2) is 6.04. The molecule has 3 aromatic heterocycles. The van der Waals surface area contributed by atoms with E-state index in [0.717, 1.165) is 33.4 Å². The van der Waals surface area contributed by atoms with Crippen molar-refractivity contribution in [1.82, 2.24) is 18.9 Å². The molecule has 0 aliphatic heterocycles. The molecule has 7 rings (SSSR count). The zero-order valence-electron chi connectivity index (χ0n) is 18.2. The van der Waals surface area contributed by atoms with E-state index in [1.54, 1.807) is 12.1 Å². The molecule has 2 radical (unpaired) electrons. The Morgan fingerprint density at radius 1 is 0.848 bits per heavy atom. The first-order valence-electron chi connectivity index (χ1n) is 11.0. The molecule has 1 N–H and O–H groups in total. The maximum absolute atomic E-state index is 10.3. The van der Waals surface area contributed by atoms with Gasteiger partial charge in [0, 0.05) is 23.2 Å². The SMILES string of the molecule is [B]c1cccc2c1nc1n(-c3cc4c(cn3)-c3ccccc3C4(C)C)c3cc(O)ccc3n21. The number of para-hydroxylation sites is 1. The molecule has 6 heteroatoms. The number of fused-ring (bicyclic) bond motifs is 8. The third-order valence-corrected chi connectivity index (χ3v) is 7.02. The Labute approximate surface area is 191 Å². The molecule has 6 aromatic rings. The van der Waals surface area contributed by atoms with E-state index in [1.165, 1.54) is 16.7 Å². The van der Waals surface area contributed by atoms with Crippen molar-refractivity contribution in [3.63, 3.8) is 0 Å². The highest BCUT2D eigenvalue weighted by Crippen LogP contribution is 2.48. The minimum absolute atomic E-state index is 0.143. The first-order chi connectivity index (χ1) is 15.9. The third-order valence-electron chi connectivity index (χ3n) is 7.02. The van der Waals surface area contributed by atoms with Crippen LogP contribution < -0.4 is 5.46 Å². The molecule has 0 saturated carbocycles. The van der Waals surface area contributed by atoms with Crippen molar-refractivity contribution in [2.24, 2.45) is 0 Å². The number of benzene rings is 3. The van der Waals surface area contributed by atoms with Crippen molar-refractivity contribution in [2.75, 3.05) is 0 Å². The van der Waals surface area contributed by atoms with Crippen LogP contribution in [-0.4, -0.2) is 31.9 Å². The van der Waals surface area contributed by atoms with Crippen molar-refractivity contribution in [3.05, 3.63) is 84.1 Å². The van der Waals surface area contributed by atoms with E-state index in [9.17, 15) is 5.11 Å². The van der Waals surface area contributed by atoms with E-state index < -0.39 is 0 Å². The minimum Gasteiger partial charge on any atom is -0.508 e. The number of phenols is 1. The number of rotatable bonds is 1. The lowest BCUT2D eigenvalue weighted by Crippen LogP contribution is -2.15. The van der Waals surface area contributed by atoms with Gasteiger partial charge in [-0.15, -0.1) is 0 Å². The lowest BCUT2D eigenvalue weighted by molar-refractivity contribution is 0.476. The van der Waals surface area contributed by atoms with Gasteiger partial charge in [0.05, 0.1) is 22.1 Å². The molecular formula is C27H19BN4O. The highest BCUT2D eigenvalue weighted by molar-refractivity contribution is 6.38. The summed E-state index contributed by atoms with van der Waals surface area (Å²) in [7, 11) is 6.25. The highest BCUT2D eigenvalue weighted by Gasteiger charge is 2.36. The van der Waals surface area contributed by atoms with Crippen molar-refractivity contribution < 1.29 is 5.11 Å². The average Bonchev–Trinajstić information content (AvgIpc) is 3.40. The Kier molecular flexibility index (Phi) is 3.39. The molecule has 33 heavy (non-hydrogen) atoms. The predicted octanol–water partition coefficient (Wildman–Crippen LogP) is 4.63. The van der Waals surface area contributed by atoms with Gasteiger partial charge in [-0.05, 0) is 41.0 Å². The second-order valence-electron chi connectivity index (χ2n) is 9.23. The van der Waals surface area contributed by atoms with Crippen LogP contribution in [0.3, 0.4) is 0 Å². The Morgan fingerprint density at radius 3 is 2.58 bits per heavy atom. The molecule has 0 bridgehead atoms. The molecular weight excluding hydrogens is 407 g/mol. The molecule has 5 nitrogen and oxygen atoms in total. The van der Waals surface area contributed by atoms with Crippen LogP contribution >= 0.6 is 0 Å². The van der Waals surface area contributed by atoms with Crippen molar-refractivity contribution in [1.29, 1.82) is 0 Å². The number of imidazole rings is 2. The maximum Gasteiger partial charge on any atom is 0.221 e. The second-order valence-corrected chi connectivity index (χ2v) is 9.23. The third kappa shape index (κ3) is 2.27. The Bertz CT molecular complexity index is 1780. The van der Waals surface area contributed by atoms with Crippen LogP contribution in [0.25, 0.3) is 44.8 Å². The van der Waals surface area contributed by atoms with Gasteiger partial charge in [0.1, 0.15) is 19.4 Å². The summed E-state index contributed by atoms with van der Waals surface area (Å²) in [4.78, 5) is 9.78. The maximum atomic E-state index is 10.3. The number of hydrogen-bond acceptors (Lipinski definition) is 3. The van der Waals surface area contributed by atoms with Gasteiger partial charge in [-0.2, -0.15) is 0 Å². The molecule has 0 saturated heterocycles.